The van der Waals surface area contributed by atoms with Crippen LogP contribution < -0.4 is 10.1 Å². The van der Waals surface area contributed by atoms with Crippen LogP contribution >= 0.6 is 11.6 Å². The number of rotatable bonds is 5. The van der Waals surface area contributed by atoms with E-state index in [-0.39, 0.29) is 23.0 Å². The Hall–Kier alpha value is -3.43. The van der Waals surface area contributed by atoms with Gasteiger partial charge in [-0.05, 0) is 48.0 Å². The lowest BCUT2D eigenvalue weighted by atomic mass is 10.1. The van der Waals surface area contributed by atoms with Crippen LogP contribution in [0.1, 0.15) is 21.5 Å². The normalized spacial score (nSPS) is 10.1. The largest absolute Gasteiger partial charge is 0.438 e. The van der Waals surface area contributed by atoms with Gasteiger partial charge < -0.3 is 10.1 Å². The fourth-order valence-corrected chi connectivity index (χ4v) is 2.42. The van der Waals surface area contributed by atoms with Crippen LogP contribution in [0.4, 0.5) is 4.39 Å². The first-order valence-corrected chi connectivity index (χ1v) is 8.29. The molecule has 0 spiro atoms. The maximum absolute atomic E-state index is 13.0. The molecule has 5 nitrogen and oxygen atoms in total. The van der Waals surface area contributed by atoms with E-state index in [0.717, 1.165) is 5.56 Å². The summed E-state index contributed by atoms with van der Waals surface area (Å²) < 4.78 is 18.6. The van der Waals surface area contributed by atoms with E-state index >= 15 is 0 Å². The third kappa shape index (κ3) is 4.81. The average Bonchev–Trinajstić information content (AvgIpc) is 2.69. The highest BCUT2D eigenvalue weighted by atomic mass is 35.5. The Morgan fingerprint density at radius 3 is 2.56 bits per heavy atom. The fraction of sp³-hybridized carbons (Fsp3) is 0.0500. The van der Waals surface area contributed by atoms with E-state index in [1.807, 2.05) is 6.07 Å². The van der Waals surface area contributed by atoms with Crippen molar-refractivity contribution >= 4 is 17.5 Å². The van der Waals surface area contributed by atoms with Gasteiger partial charge in [0.1, 0.15) is 17.1 Å². The molecule has 1 amide bonds. The summed E-state index contributed by atoms with van der Waals surface area (Å²) in [6.45, 7) is 0.257. The van der Waals surface area contributed by atoms with Gasteiger partial charge in [0.15, 0.2) is 0 Å². The molecule has 0 unspecified atom stereocenters. The van der Waals surface area contributed by atoms with Crippen molar-refractivity contribution < 1.29 is 13.9 Å². The molecule has 0 bridgehead atoms. The molecule has 0 aliphatic carbocycles. The molecule has 0 radical (unpaired) electrons. The second-order valence-electron chi connectivity index (χ2n) is 5.55. The molecule has 0 atom stereocenters. The summed E-state index contributed by atoms with van der Waals surface area (Å²) in [4.78, 5) is 16.6. The number of hydrogen-bond donors (Lipinski definition) is 1. The Kier molecular flexibility index (Phi) is 5.64. The predicted octanol–water partition coefficient (Wildman–Crippen LogP) is 4.47. The number of aromatic nitrogens is 1. The zero-order chi connectivity index (χ0) is 19.2. The molecule has 0 aliphatic rings. The standard InChI is InChI=1S/C20H13ClFN3O2/c21-15-9-18(19(26)24-11-14-3-1-13(10-23)2-4-14)20(25-12-15)27-17-7-5-16(22)6-8-17/h1-9,12H,11H2,(H,24,26). The van der Waals surface area contributed by atoms with Gasteiger partial charge in [0.05, 0.1) is 16.7 Å². The molecule has 0 saturated carbocycles. The summed E-state index contributed by atoms with van der Waals surface area (Å²) in [7, 11) is 0. The monoisotopic (exact) mass is 381 g/mol. The highest BCUT2D eigenvalue weighted by Crippen LogP contribution is 2.25. The van der Waals surface area contributed by atoms with Crippen LogP contribution in [0.2, 0.25) is 5.02 Å². The number of amides is 1. The Balaban J connectivity index is 1.75. The fourth-order valence-electron chi connectivity index (χ4n) is 2.26. The van der Waals surface area contributed by atoms with E-state index < -0.39 is 11.7 Å². The first-order valence-electron chi connectivity index (χ1n) is 7.91. The SMILES string of the molecule is N#Cc1ccc(CNC(=O)c2cc(Cl)cnc2Oc2ccc(F)cc2)cc1. The lowest BCUT2D eigenvalue weighted by molar-refractivity contribution is 0.0948. The minimum atomic E-state index is -0.425. The number of nitriles is 1. The minimum absolute atomic E-state index is 0.0586. The quantitative estimate of drug-likeness (QED) is 0.707. The Morgan fingerprint density at radius 2 is 1.89 bits per heavy atom. The van der Waals surface area contributed by atoms with E-state index in [1.165, 1.54) is 36.5 Å². The van der Waals surface area contributed by atoms with E-state index in [9.17, 15) is 9.18 Å². The van der Waals surface area contributed by atoms with Gasteiger partial charge in [-0.3, -0.25) is 4.79 Å². The van der Waals surface area contributed by atoms with Crippen molar-refractivity contribution in [2.45, 2.75) is 6.54 Å². The Morgan fingerprint density at radius 1 is 1.19 bits per heavy atom. The number of pyridine rings is 1. The van der Waals surface area contributed by atoms with Crippen molar-refractivity contribution in [1.29, 1.82) is 5.26 Å². The number of benzene rings is 2. The maximum atomic E-state index is 13.0. The molecule has 2 aromatic carbocycles. The van der Waals surface area contributed by atoms with Gasteiger partial charge in [-0.1, -0.05) is 23.7 Å². The molecule has 0 fully saturated rings. The van der Waals surface area contributed by atoms with E-state index in [0.29, 0.717) is 11.3 Å². The Labute approximate surface area is 160 Å². The summed E-state index contributed by atoms with van der Waals surface area (Å²) in [6.07, 6.45) is 1.36. The Bertz CT molecular complexity index is 999. The number of carbonyl (C=O) groups is 1. The molecule has 0 saturated heterocycles. The second-order valence-corrected chi connectivity index (χ2v) is 5.99. The first kappa shape index (κ1) is 18.4. The highest BCUT2D eigenvalue weighted by molar-refractivity contribution is 6.30. The topological polar surface area (TPSA) is 75.0 Å². The van der Waals surface area contributed by atoms with Crippen LogP contribution in [0.25, 0.3) is 0 Å². The zero-order valence-electron chi connectivity index (χ0n) is 13.9. The van der Waals surface area contributed by atoms with Crippen molar-refractivity contribution in [1.82, 2.24) is 10.3 Å². The van der Waals surface area contributed by atoms with Crippen LogP contribution in [-0.4, -0.2) is 10.9 Å². The van der Waals surface area contributed by atoms with Crippen molar-refractivity contribution in [2.75, 3.05) is 0 Å². The van der Waals surface area contributed by atoms with Crippen LogP contribution in [0, 0.1) is 17.1 Å². The minimum Gasteiger partial charge on any atom is -0.438 e. The summed E-state index contributed by atoms with van der Waals surface area (Å²) in [6, 6.07) is 15.7. The van der Waals surface area contributed by atoms with Gasteiger partial charge in [0, 0.05) is 12.7 Å². The highest BCUT2D eigenvalue weighted by Gasteiger charge is 2.16. The molecule has 1 aromatic heterocycles. The van der Waals surface area contributed by atoms with Crippen LogP contribution in [0.15, 0.2) is 60.8 Å². The second kappa shape index (κ2) is 8.30. The lowest BCUT2D eigenvalue weighted by Gasteiger charge is -2.11. The molecular formula is C20H13ClFN3O2. The molecule has 27 heavy (non-hydrogen) atoms. The third-order valence-corrected chi connectivity index (χ3v) is 3.83. The van der Waals surface area contributed by atoms with Crippen LogP contribution in [0.3, 0.4) is 0 Å². The average molecular weight is 382 g/mol. The van der Waals surface area contributed by atoms with Gasteiger partial charge in [-0.2, -0.15) is 5.26 Å². The lowest BCUT2D eigenvalue weighted by Crippen LogP contribution is -2.23. The summed E-state index contributed by atoms with van der Waals surface area (Å²) >= 11 is 5.96. The summed E-state index contributed by atoms with van der Waals surface area (Å²) in [5.74, 6) is -0.422. The number of carbonyl (C=O) groups excluding carboxylic acids is 1. The molecule has 1 N–H and O–H groups in total. The van der Waals surface area contributed by atoms with Crippen molar-refractivity contribution in [3.63, 3.8) is 0 Å². The van der Waals surface area contributed by atoms with Crippen LogP contribution in [-0.2, 0) is 6.54 Å². The number of ether oxygens (including phenoxy) is 1. The van der Waals surface area contributed by atoms with Gasteiger partial charge >= 0.3 is 0 Å². The number of halogens is 2. The van der Waals surface area contributed by atoms with E-state index in [1.54, 1.807) is 24.3 Å². The molecular weight excluding hydrogens is 369 g/mol. The third-order valence-electron chi connectivity index (χ3n) is 3.63. The number of nitrogens with one attached hydrogen (secondary N) is 1. The molecule has 1 heterocycles. The molecule has 3 aromatic rings. The van der Waals surface area contributed by atoms with Gasteiger partial charge in [-0.25, -0.2) is 9.37 Å². The van der Waals surface area contributed by atoms with Crippen molar-refractivity contribution in [2.24, 2.45) is 0 Å². The van der Waals surface area contributed by atoms with E-state index in [4.69, 9.17) is 21.6 Å². The number of nitrogens with zero attached hydrogens (tertiary/aromatic N) is 2. The molecule has 3 rings (SSSR count). The van der Waals surface area contributed by atoms with E-state index in [2.05, 4.69) is 10.3 Å². The van der Waals surface area contributed by atoms with Gasteiger partial charge in [0.2, 0.25) is 5.88 Å². The molecule has 7 heteroatoms. The van der Waals surface area contributed by atoms with Crippen LogP contribution in [0.5, 0.6) is 11.6 Å². The first-order chi connectivity index (χ1) is 13.0. The number of hydrogen-bond acceptors (Lipinski definition) is 4. The summed E-state index contributed by atoms with van der Waals surface area (Å²) in [5, 5.41) is 11.9. The maximum Gasteiger partial charge on any atom is 0.257 e. The molecule has 134 valence electrons. The van der Waals surface area contributed by atoms with Crippen molar-refractivity contribution in [3.8, 4) is 17.7 Å². The molecule has 0 aliphatic heterocycles. The summed E-state index contributed by atoms with van der Waals surface area (Å²) in [5.41, 5.74) is 1.53. The van der Waals surface area contributed by atoms with Gasteiger partial charge in [-0.15, -0.1) is 0 Å². The van der Waals surface area contributed by atoms with Gasteiger partial charge in [0.25, 0.3) is 5.91 Å². The smallest absolute Gasteiger partial charge is 0.257 e. The zero-order valence-corrected chi connectivity index (χ0v) is 14.7. The van der Waals surface area contributed by atoms with Crippen molar-refractivity contribution in [3.05, 3.63) is 88.3 Å². The predicted molar refractivity (Wildman–Crippen MR) is 98.0 cm³/mol.